The minimum Gasteiger partial charge on any atom is -0.327 e. The summed E-state index contributed by atoms with van der Waals surface area (Å²) < 4.78 is 0. The predicted molar refractivity (Wildman–Crippen MR) is 53.9 cm³/mol. The normalized spacial score (nSPS) is 37.2. The Bertz CT molecular complexity index is 131. The lowest BCUT2D eigenvalue weighted by Gasteiger charge is -2.35. The Labute approximate surface area is 76.7 Å². The molecule has 0 saturated heterocycles. The van der Waals surface area contributed by atoms with E-state index in [2.05, 4.69) is 20.8 Å². The predicted octanol–water partition coefficient (Wildman–Crippen LogP) is 2.80. The van der Waals surface area contributed by atoms with Gasteiger partial charge in [0.2, 0.25) is 0 Å². The van der Waals surface area contributed by atoms with Gasteiger partial charge in [-0.15, -0.1) is 0 Å². The van der Waals surface area contributed by atoms with Crippen LogP contribution in [0.3, 0.4) is 0 Å². The molecule has 0 aromatic carbocycles. The van der Waals surface area contributed by atoms with Crippen molar-refractivity contribution in [2.24, 2.45) is 23.5 Å². The van der Waals surface area contributed by atoms with Gasteiger partial charge < -0.3 is 5.73 Å². The zero-order valence-electron chi connectivity index (χ0n) is 8.72. The lowest BCUT2D eigenvalue weighted by atomic mass is 9.73. The molecule has 1 rings (SSSR count). The summed E-state index contributed by atoms with van der Waals surface area (Å²) in [7, 11) is 0. The summed E-state index contributed by atoms with van der Waals surface area (Å²) in [5.74, 6) is 2.59. The molecule has 3 unspecified atom stereocenters. The van der Waals surface area contributed by atoms with E-state index >= 15 is 0 Å². The van der Waals surface area contributed by atoms with Crippen LogP contribution in [-0.2, 0) is 0 Å². The standard InChI is InChI=1S/C11H23N/c1-4-9-7-10(8(2)3)5-6-11(9)12/h8-11H,4-7,12H2,1-3H3. The molecule has 0 aliphatic heterocycles. The molecule has 1 aliphatic carbocycles. The minimum absolute atomic E-state index is 0.491. The number of rotatable bonds is 2. The highest BCUT2D eigenvalue weighted by Crippen LogP contribution is 2.34. The smallest absolute Gasteiger partial charge is 0.00672 e. The first-order valence-electron chi connectivity index (χ1n) is 5.40. The quantitative estimate of drug-likeness (QED) is 0.676. The van der Waals surface area contributed by atoms with Crippen molar-refractivity contribution in [1.29, 1.82) is 0 Å². The monoisotopic (exact) mass is 169 g/mol. The molecule has 1 saturated carbocycles. The van der Waals surface area contributed by atoms with Gasteiger partial charge in [0.1, 0.15) is 0 Å². The summed E-state index contributed by atoms with van der Waals surface area (Å²) in [6.07, 6.45) is 5.25. The van der Waals surface area contributed by atoms with Gasteiger partial charge in [-0.25, -0.2) is 0 Å². The zero-order chi connectivity index (χ0) is 9.14. The van der Waals surface area contributed by atoms with E-state index in [0.717, 1.165) is 17.8 Å². The summed E-state index contributed by atoms with van der Waals surface area (Å²) in [6, 6.07) is 0.491. The summed E-state index contributed by atoms with van der Waals surface area (Å²) in [5.41, 5.74) is 6.05. The maximum atomic E-state index is 6.05. The van der Waals surface area contributed by atoms with Crippen LogP contribution in [-0.4, -0.2) is 6.04 Å². The van der Waals surface area contributed by atoms with Crippen molar-refractivity contribution >= 4 is 0 Å². The van der Waals surface area contributed by atoms with Crippen LogP contribution < -0.4 is 5.73 Å². The second-order valence-corrected chi connectivity index (χ2v) is 4.65. The van der Waals surface area contributed by atoms with E-state index < -0.39 is 0 Å². The molecule has 1 heteroatoms. The van der Waals surface area contributed by atoms with Gasteiger partial charge in [-0.2, -0.15) is 0 Å². The highest BCUT2D eigenvalue weighted by molar-refractivity contribution is 4.82. The first-order valence-corrected chi connectivity index (χ1v) is 5.40. The van der Waals surface area contributed by atoms with E-state index in [1.54, 1.807) is 0 Å². The van der Waals surface area contributed by atoms with Crippen LogP contribution in [0.15, 0.2) is 0 Å². The molecule has 1 fully saturated rings. The Morgan fingerprint density at radius 2 is 2.00 bits per heavy atom. The summed E-state index contributed by atoms with van der Waals surface area (Å²) in [4.78, 5) is 0. The molecule has 0 radical (unpaired) electrons. The lowest BCUT2D eigenvalue weighted by molar-refractivity contribution is 0.186. The van der Waals surface area contributed by atoms with Gasteiger partial charge in [-0.05, 0) is 37.0 Å². The molecule has 0 amide bonds. The molecule has 0 spiro atoms. The van der Waals surface area contributed by atoms with Gasteiger partial charge in [-0.3, -0.25) is 0 Å². The fraction of sp³-hybridized carbons (Fsp3) is 1.00. The lowest BCUT2D eigenvalue weighted by Crippen LogP contribution is -2.36. The van der Waals surface area contributed by atoms with Crippen LogP contribution in [0, 0.1) is 17.8 Å². The van der Waals surface area contributed by atoms with Crippen LogP contribution >= 0.6 is 0 Å². The zero-order valence-corrected chi connectivity index (χ0v) is 8.72. The third kappa shape index (κ3) is 2.22. The largest absolute Gasteiger partial charge is 0.327 e. The van der Waals surface area contributed by atoms with E-state index in [-0.39, 0.29) is 0 Å². The van der Waals surface area contributed by atoms with E-state index in [4.69, 9.17) is 5.73 Å². The van der Waals surface area contributed by atoms with Crippen molar-refractivity contribution in [3.05, 3.63) is 0 Å². The molecule has 12 heavy (non-hydrogen) atoms. The van der Waals surface area contributed by atoms with Crippen molar-refractivity contribution in [2.45, 2.75) is 52.5 Å². The highest BCUT2D eigenvalue weighted by Gasteiger charge is 2.28. The van der Waals surface area contributed by atoms with E-state index in [1.165, 1.54) is 25.7 Å². The van der Waals surface area contributed by atoms with Gasteiger partial charge in [0.25, 0.3) is 0 Å². The molecule has 0 bridgehead atoms. The Kier molecular flexibility index (Phi) is 3.57. The SMILES string of the molecule is CCC1CC(C(C)C)CCC1N. The van der Waals surface area contributed by atoms with Crippen LogP contribution in [0.5, 0.6) is 0 Å². The van der Waals surface area contributed by atoms with Crippen molar-refractivity contribution in [2.75, 3.05) is 0 Å². The Morgan fingerprint density at radius 1 is 1.33 bits per heavy atom. The number of hydrogen-bond donors (Lipinski definition) is 1. The second kappa shape index (κ2) is 4.27. The molecule has 1 aliphatic rings. The van der Waals surface area contributed by atoms with Gasteiger partial charge in [0.05, 0.1) is 0 Å². The Hall–Kier alpha value is -0.0400. The molecule has 1 nitrogen and oxygen atoms in total. The van der Waals surface area contributed by atoms with Crippen LogP contribution in [0.25, 0.3) is 0 Å². The molecule has 0 aromatic rings. The number of nitrogens with two attached hydrogens (primary N) is 1. The van der Waals surface area contributed by atoms with Gasteiger partial charge in [0, 0.05) is 6.04 Å². The first-order chi connectivity index (χ1) is 5.65. The van der Waals surface area contributed by atoms with Gasteiger partial charge >= 0.3 is 0 Å². The summed E-state index contributed by atoms with van der Waals surface area (Å²) in [6.45, 7) is 6.95. The van der Waals surface area contributed by atoms with E-state index in [9.17, 15) is 0 Å². The van der Waals surface area contributed by atoms with Crippen molar-refractivity contribution in [3.8, 4) is 0 Å². The molecular weight excluding hydrogens is 146 g/mol. The van der Waals surface area contributed by atoms with Crippen molar-refractivity contribution in [1.82, 2.24) is 0 Å². The van der Waals surface area contributed by atoms with Crippen molar-refractivity contribution in [3.63, 3.8) is 0 Å². The van der Waals surface area contributed by atoms with E-state index in [0.29, 0.717) is 6.04 Å². The minimum atomic E-state index is 0.491. The van der Waals surface area contributed by atoms with Gasteiger partial charge in [-0.1, -0.05) is 27.2 Å². The maximum absolute atomic E-state index is 6.05. The molecule has 0 aromatic heterocycles. The van der Waals surface area contributed by atoms with Crippen LogP contribution in [0.2, 0.25) is 0 Å². The molecule has 0 heterocycles. The number of hydrogen-bond acceptors (Lipinski definition) is 1. The second-order valence-electron chi connectivity index (χ2n) is 4.65. The first kappa shape index (κ1) is 10.0. The third-order valence-electron chi connectivity index (χ3n) is 3.55. The molecule has 3 atom stereocenters. The van der Waals surface area contributed by atoms with E-state index in [1.807, 2.05) is 0 Å². The third-order valence-corrected chi connectivity index (χ3v) is 3.55. The summed E-state index contributed by atoms with van der Waals surface area (Å²) in [5, 5.41) is 0. The molecular formula is C11H23N. The van der Waals surface area contributed by atoms with Crippen molar-refractivity contribution < 1.29 is 0 Å². The van der Waals surface area contributed by atoms with Crippen LogP contribution in [0.4, 0.5) is 0 Å². The maximum Gasteiger partial charge on any atom is 0.00672 e. The molecule has 2 N–H and O–H groups in total. The fourth-order valence-corrected chi connectivity index (χ4v) is 2.40. The Balaban J connectivity index is 2.44. The highest BCUT2D eigenvalue weighted by atomic mass is 14.7. The fourth-order valence-electron chi connectivity index (χ4n) is 2.40. The van der Waals surface area contributed by atoms with Crippen LogP contribution in [0.1, 0.15) is 46.5 Å². The average Bonchev–Trinajstić information content (AvgIpc) is 2.05. The Morgan fingerprint density at radius 3 is 2.50 bits per heavy atom. The summed E-state index contributed by atoms with van der Waals surface area (Å²) >= 11 is 0. The topological polar surface area (TPSA) is 26.0 Å². The molecule has 72 valence electrons. The van der Waals surface area contributed by atoms with Gasteiger partial charge in [0.15, 0.2) is 0 Å². The average molecular weight is 169 g/mol.